The summed E-state index contributed by atoms with van der Waals surface area (Å²) in [5.74, 6) is 6.67. The number of morpholine rings is 1. The highest BCUT2D eigenvalue weighted by atomic mass is 16.5. The lowest BCUT2D eigenvalue weighted by molar-refractivity contribution is -0.187. The molecule has 0 aromatic heterocycles. The van der Waals surface area contributed by atoms with E-state index in [-0.39, 0.29) is 0 Å². The Morgan fingerprint density at radius 3 is 2.38 bits per heavy atom. The molecule has 276 valence electrons. The Hall–Kier alpha value is -3.14. The van der Waals surface area contributed by atoms with Gasteiger partial charge in [0.1, 0.15) is 11.5 Å². The van der Waals surface area contributed by atoms with E-state index in [0.29, 0.717) is 36.1 Å². The first-order valence-electron chi connectivity index (χ1n) is 21.7. The van der Waals surface area contributed by atoms with Crippen LogP contribution < -0.4 is 4.74 Å². The van der Waals surface area contributed by atoms with Gasteiger partial charge in [0.2, 0.25) is 0 Å². The number of allylic oxidation sites excluding steroid dienone is 4. The fraction of sp³-hybridized carbons (Fsp3) is 0.560. The van der Waals surface area contributed by atoms with Gasteiger partial charge in [-0.1, -0.05) is 68.0 Å². The zero-order valence-corrected chi connectivity index (χ0v) is 32.6. The molecule has 3 heterocycles. The maximum absolute atomic E-state index is 7.06. The molecule has 3 saturated carbocycles. The smallest absolute Gasteiger partial charge is 0.131 e. The second-order valence-electron chi connectivity index (χ2n) is 19.3. The fourth-order valence-electron chi connectivity index (χ4n) is 13.5. The van der Waals surface area contributed by atoms with Crippen LogP contribution in [0.15, 0.2) is 66.2 Å². The normalized spacial score (nSPS) is 37.1. The molecule has 3 aromatic carbocycles. The van der Waals surface area contributed by atoms with Crippen molar-refractivity contribution in [3.63, 3.8) is 0 Å². The predicted octanol–water partition coefficient (Wildman–Crippen LogP) is 11.8. The summed E-state index contributed by atoms with van der Waals surface area (Å²) in [6, 6.07) is 23.7. The Bertz CT molecular complexity index is 2000. The van der Waals surface area contributed by atoms with Crippen molar-refractivity contribution < 1.29 is 9.47 Å². The highest BCUT2D eigenvalue weighted by Crippen LogP contribution is 2.58. The molecular formula is C50H59NO2. The van der Waals surface area contributed by atoms with E-state index in [2.05, 4.69) is 93.3 Å². The van der Waals surface area contributed by atoms with Crippen LogP contribution in [0.1, 0.15) is 129 Å². The van der Waals surface area contributed by atoms with Gasteiger partial charge in [-0.3, -0.25) is 4.90 Å². The zero-order valence-electron chi connectivity index (χ0n) is 32.6. The topological polar surface area (TPSA) is 21.7 Å². The van der Waals surface area contributed by atoms with Crippen molar-refractivity contribution >= 4 is 11.1 Å². The molecule has 3 heteroatoms. The average molecular weight is 706 g/mol. The molecular weight excluding hydrogens is 647 g/mol. The van der Waals surface area contributed by atoms with Gasteiger partial charge in [-0.05, 0) is 189 Å². The first-order chi connectivity index (χ1) is 25.8. The number of rotatable bonds is 2. The van der Waals surface area contributed by atoms with Crippen LogP contribution in [0.25, 0.3) is 11.1 Å². The molecule has 2 saturated heterocycles. The average Bonchev–Trinajstić information content (AvgIpc) is 3.51. The van der Waals surface area contributed by atoms with E-state index in [9.17, 15) is 0 Å². The molecule has 11 atom stereocenters. The summed E-state index contributed by atoms with van der Waals surface area (Å²) in [5, 5.41) is 0. The first kappa shape index (κ1) is 33.2. The molecule has 11 rings (SSSR count). The van der Waals surface area contributed by atoms with Crippen molar-refractivity contribution in [1.29, 1.82) is 0 Å². The maximum atomic E-state index is 7.06. The quantitative estimate of drug-likeness (QED) is 0.265. The minimum atomic E-state index is 0.473. The molecule has 0 N–H and O–H groups in total. The molecule has 5 aliphatic carbocycles. The second kappa shape index (κ2) is 12.7. The SMILES string of the molecule is Cc1ccc2c(c1)Oc1cc(C)cc3c1CC(CC2)C1=C3C=C(c2ccc(C3CCC4C(C3)C3CC(C)CC5OC6CC(C)CCC6N4C53)cc2)CC1. The minimum absolute atomic E-state index is 0.473. The van der Waals surface area contributed by atoms with E-state index in [1.165, 1.54) is 109 Å². The monoisotopic (exact) mass is 705 g/mol. The van der Waals surface area contributed by atoms with Crippen LogP contribution >= 0.6 is 0 Å². The molecule has 0 radical (unpaired) electrons. The molecule has 5 fully saturated rings. The second-order valence-corrected chi connectivity index (χ2v) is 19.3. The van der Waals surface area contributed by atoms with Crippen molar-refractivity contribution in [2.45, 2.75) is 147 Å². The molecule has 3 aliphatic heterocycles. The number of fused-ring (bicyclic) bond motifs is 9. The van der Waals surface area contributed by atoms with E-state index < -0.39 is 0 Å². The third-order valence-corrected chi connectivity index (χ3v) is 15.9. The summed E-state index contributed by atoms with van der Waals surface area (Å²) in [4.78, 5) is 3.12. The van der Waals surface area contributed by atoms with Gasteiger partial charge in [-0.2, -0.15) is 0 Å². The summed E-state index contributed by atoms with van der Waals surface area (Å²) in [6.07, 6.45) is 20.0. The van der Waals surface area contributed by atoms with Gasteiger partial charge in [0, 0.05) is 23.7 Å². The van der Waals surface area contributed by atoms with Crippen LogP contribution in [-0.4, -0.2) is 35.2 Å². The van der Waals surface area contributed by atoms with Crippen molar-refractivity contribution in [1.82, 2.24) is 4.90 Å². The Balaban J connectivity index is 0.864. The molecule has 53 heavy (non-hydrogen) atoms. The fourth-order valence-corrected chi connectivity index (χ4v) is 13.5. The van der Waals surface area contributed by atoms with Crippen molar-refractivity contribution in [2.75, 3.05) is 0 Å². The lowest BCUT2D eigenvalue weighted by Crippen LogP contribution is -2.64. The molecule has 0 spiro atoms. The van der Waals surface area contributed by atoms with Crippen molar-refractivity contribution in [2.24, 2.45) is 29.6 Å². The number of hydrogen-bond acceptors (Lipinski definition) is 3. The standard InChI is InChI=1S/C50H59NO2/c1-28-5-7-34-12-13-37-27-42-39(19-30(3)23-47(42)52-46(34)21-28)40-25-35(14-16-38(37)40)32-8-10-33(11-9-32)36-15-18-44-41(26-36)43-20-31(4)24-49-50(43)51(44)45-17-6-29(2)22-48(45)53-49/h5,7-11,19,21,23,25,29,31,36-37,41,43-45,48-50H,6,12-18,20,22,24,26-27H2,1-4H3. The molecule has 2 bridgehead atoms. The molecule has 3 nitrogen and oxygen atoms in total. The highest BCUT2D eigenvalue weighted by molar-refractivity contribution is 5.90. The largest absolute Gasteiger partial charge is 0.457 e. The zero-order chi connectivity index (χ0) is 35.5. The number of aryl methyl sites for hydroxylation is 3. The van der Waals surface area contributed by atoms with E-state index in [0.717, 1.165) is 60.5 Å². The van der Waals surface area contributed by atoms with Crippen LogP contribution in [0, 0.1) is 43.4 Å². The van der Waals surface area contributed by atoms with Crippen LogP contribution in [0.2, 0.25) is 0 Å². The summed E-state index contributed by atoms with van der Waals surface area (Å²) in [6.45, 7) is 9.38. The first-order valence-corrected chi connectivity index (χ1v) is 21.7. The minimum Gasteiger partial charge on any atom is -0.457 e. The number of hydrogen-bond donors (Lipinski definition) is 0. The number of benzene rings is 3. The third-order valence-electron chi connectivity index (χ3n) is 15.9. The van der Waals surface area contributed by atoms with Gasteiger partial charge >= 0.3 is 0 Å². The van der Waals surface area contributed by atoms with Crippen LogP contribution in [-0.2, 0) is 17.6 Å². The predicted molar refractivity (Wildman–Crippen MR) is 215 cm³/mol. The van der Waals surface area contributed by atoms with E-state index >= 15 is 0 Å². The summed E-state index contributed by atoms with van der Waals surface area (Å²) in [7, 11) is 0. The summed E-state index contributed by atoms with van der Waals surface area (Å²) >= 11 is 0. The van der Waals surface area contributed by atoms with Gasteiger partial charge < -0.3 is 9.47 Å². The molecule has 3 aromatic rings. The van der Waals surface area contributed by atoms with E-state index in [1.807, 2.05) is 0 Å². The Morgan fingerprint density at radius 1 is 0.660 bits per heavy atom. The highest BCUT2D eigenvalue weighted by Gasteiger charge is 2.61. The number of nitrogens with zero attached hydrogens (tertiary/aromatic N) is 1. The molecule has 8 aliphatic rings. The van der Waals surface area contributed by atoms with Crippen molar-refractivity contribution in [3.8, 4) is 11.5 Å². The van der Waals surface area contributed by atoms with Gasteiger partial charge in [-0.15, -0.1) is 0 Å². The molecule has 0 amide bonds. The Kier molecular flexibility index (Phi) is 7.96. The van der Waals surface area contributed by atoms with Gasteiger partial charge in [0.05, 0.1) is 12.2 Å². The lowest BCUT2D eigenvalue weighted by atomic mass is 9.66. The molecule has 11 unspecified atom stereocenters. The van der Waals surface area contributed by atoms with Gasteiger partial charge in [-0.25, -0.2) is 0 Å². The number of ether oxygens (including phenoxy) is 2. The van der Waals surface area contributed by atoms with Gasteiger partial charge in [0.15, 0.2) is 0 Å². The summed E-state index contributed by atoms with van der Waals surface area (Å²) < 4.78 is 13.9. The Labute approximate surface area is 318 Å². The van der Waals surface area contributed by atoms with Gasteiger partial charge in [0.25, 0.3) is 0 Å². The maximum Gasteiger partial charge on any atom is 0.131 e. The lowest BCUT2D eigenvalue weighted by Gasteiger charge is -2.55. The van der Waals surface area contributed by atoms with Crippen LogP contribution in [0.3, 0.4) is 0 Å². The Morgan fingerprint density at radius 2 is 1.49 bits per heavy atom. The van der Waals surface area contributed by atoms with Crippen molar-refractivity contribution in [3.05, 3.63) is 105 Å². The van der Waals surface area contributed by atoms with Crippen LogP contribution in [0.5, 0.6) is 11.5 Å². The van der Waals surface area contributed by atoms with Crippen LogP contribution in [0.4, 0.5) is 0 Å². The summed E-state index contributed by atoms with van der Waals surface area (Å²) in [5.41, 5.74) is 14.4. The van der Waals surface area contributed by atoms with E-state index in [4.69, 9.17) is 9.47 Å². The third kappa shape index (κ3) is 5.48. The van der Waals surface area contributed by atoms with E-state index in [1.54, 1.807) is 11.1 Å².